The lowest BCUT2D eigenvalue weighted by Crippen LogP contribution is -2.53. The SMILES string of the molecule is C=S1(=O)NC(=O)c2ccc3c(c2)N(C[C@@H]2CC[C@H]2[C@@](O)(Cc2nccn2C)/C=C/C[C@H](C)[C@H]1C)C[C@@]1(CCCc2cc(Cl)ccc21)CO3. The van der Waals surface area contributed by atoms with E-state index in [9.17, 15) is 14.1 Å². The maximum Gasteiger partial charge on any atom is 0.262 e. The Morgan fingerprint density at radius 3 is 2.79 bits per heavy atom. The zero-order valence-electron chi connectivity index (χ0n) is 28.2. The lowest BCUT2D eigenvalue weighted by atomic mass is 9.63. The molecule has 0 radical (unpaired) electrons. The Kier molecular flexibility index (Phi) is 8.70. The first-order valence-corrected chi connectivity index (χ1v) is 19.4. The van der Waals surface area contributed by atoms with Gasteiger partial charge in [-0.2, -0.15) is 0 Å². The van der Waals surface area contributed by atoms with Crippen molar-refractivity contribution in [2.75, 3.05) is 24.6 Å². The number of aliphatic hydroxyl groups is 1. The molecule has 256 valence electrons. The number of nitrogens with one attached hydrogen (secondary N) is 1. The molecular weight excluding hydrogens is 644 g/mol. The fourth-order valence-electron chi connectivity index (χ4n) is 8.48. The summed E-state index contributed by atoms with van der Waals surface area (Å²) in [7, 11) is -1.02. The van der Waals surface area contributed by atoms with Crippen molar-refractivity contribution in [2.45, 2.75) is 75.1 Å². The van der Waals surface area contributed by atoms with Crippen LogP contribution in [0.4, 0.5) is 5.69 Å². The van der Waals surface area contributed by atoms with E-state index in [1.165, 1.54) is 11.1 Å². The molecule has 7 atom stereocenters. The van der Waals surface area contributed by atoms with Crippen LogP contribution in [0.3, 0.4) is 0 Å². The van der Waals surface area contributed by atoms with Crippen LogP contribution in [0.2, 0.25) is 5.02 Å². The predicted octanol–water partition coefficient (Wildman–Crippen LogP) is 5.89. The van der Waals surface area contributed by atoms with Gasteiger partial charge in [0.2, 0.25) is 0 Å². The quantitative estimate of drug-likeness (QED) is 0.257. The van der Waals surface area contributed by atoms with Crippen LogP contribution >= 0.6 is 11.6 Å². The number of amides is 1. The zero-order valence-corrected chi connectivity index (χ0v) is 29.7. The van der Waals surface area contributed by atoms with E-state index in [1.807, 2.05) is 62.0 Å². The third-order valence-electron chi connectivity index (χ3n) is 11.8. The summed E-state index contributed by atoms with van der Waals surface area (Å²) in [4.78, 5) is 20.6. The highest BCUT2D eigenvalue weighted by molar-refractivity contribution is 7.99. The van der Waals surface area contributed by atoms with E-state index >= 15 is 0 Å². The molecule has 2 N–H and O–H groups in total. The average Bonchev–Trinajstić information content (AvgIpc) is 3.35. The van der Waals surface area contributed by atoms with Crippen molar-refractivity contribution in [3.63, 3.8) is 0 Å². The summed E-state index contributed by atoms with van der Waals surface area (Å²) < 4.78 is 25.3. The van der Waals surface area contributed by atoms with Crippen LogP contribution < -0.4 is 14.4 Å². The topological polar surface area (TPSA) is 96.7 Å². The maximum atomic E-state index is 13.9. The molecule has 1 saturated carbocycles. The first-order valence-electron chi connectivity index (χ1n) is 17.2. The highest BCUT2D eigenvalue weighted by atomic mass is 35.5. The lowest BCUT2D eigenvalue weighted by Gasteiger charge is -2.49. The van der Waals surface area contributed by atoms with Gasteiger partial charge in [-0.05, 0) is 111 Å². The number of aryl methyl sites for hydroxylation is 2. The first kappa shape index (κ1) is 33.2. The number of benzene rings is 2. The van der Waals surface area contributed by atoms with Gasteiger partial charge in [0.1, 0.15) is 11.6 Å². The number of anilines is 1. The van der Waals surface area contributed by atoms with Crippen molar-refractivity contribution < 1.29 is 18.8 Å². The molecule has 1 unspecified atom stereocenters. The third-order valence-corrected chi connectivity index (χ3v) is 14.2. The predicted molar refractivity (Wildman–Crippen MR) is 193 cm³/mol. The van der Waals surface area contributed by atoms with Gasteiger partial charge in [-0.25, -0.2) is 9.19 Å². The number of imidazole rings is 1. The fraction of sp³-hybridized carbons (Fsp3) is 0.500. The molecule has 3 aromatic rings. The number of ether oxygens (including phenoxy) is 1. The van der Waals surface area contributed by atoms with Crippen LogP contribution in [0.5, 0.6) is 5.75 Å². The molecule has 4 aliphatic rings. The van der Waals surface area contributed by atoms with Crippen LogP contribution in [-0.2, 0) is 35.0 Å². The summed E-state index contributed by atoms with van der Waals surface area (Å²) in [6.45, 7) is 5.81. The Labute approximate surface area is 289 Å². The number of fused-ring (bicyclic) bond motifs is 4. The van der Waals surface area contributed by atoms with Crippen molar-refractivity contribution in [3.8, 4) is 5.75 Å². The molecule has 2 aromatic carbocycles. The number of nitrogens with zero attached hydrogens (tertiary/aromatic N) is 3. The Morgan fingerprint density at radius 2 is 2.04 bits per heavy atom. The summed E-state index contributed by atoms with van der Waals surface area (Å²) in [5, 5.41) is 12.9. The first-order chi connectivity index (χ1) is 22.9. The van der Waals surface area contributed by atoms with Crippen LogP contribution in [0.25, 0.3) is 0 Å². The normalized spacial score (nSPS) is 34.2. The van der Waals surface area contributed by atoms with E-state index in [2.05, 4.69) is 32.6 Å². The van der Waals surface area contributed by atoms with Gasteiger partial charge in [0.05, 0.1) is 27.6 Å². The highest BCUT2D eigenvalue weighted by Crippen LogP contribution is 2.49. The highest BCUT2D eigenvalue weighted by Gasteiger charge is 2.48. The van der Waals surface area contributed by atoms with E-state index in [-0.39, 0.29) is 23.2 Å². The van der Waals surface area contributed by atoms with Crippen LogP contribution in [0.1, 0.15) is 73.3 Å². The van der Waals surface area contributed by atoms with Crippen molar-refractivity contribution in [1.29, 1.82) is 0 Å². The van der Waals surface area contributed by atoms with Gasteiger partial charge in [0.15, 0.2) is 0 Å². The summed E-state index contributed by atoms with van der Waals surface area (Å²) in [5.41, 5.74) is 2.43. The lowest BCUT2D eigenvalue weighted by molar-refractivity contribution is -0.0462. The molecule has 7 rings (SSSR count). The molecule has 0 saturated heterocycles. The van der Waals surface area contributed by atoms with Gasteiger partial charge in [-0.3, -0.25) is 9.52 Å². The molecule has 1 spiro atoms. The molecule has 2 bridgehead atoms. The third kappa shape index (κ3) is 6.07. The Morgan fingerprint density at radius 1 is 1.21 bits per heavy atom. The number of aromatic nitrogens is 2. The molecule has 48 heavy (non-hydrogen) atoms. The number of hydrogen-bond acceptors (Lipinski definition) is 6. The minimum Gasteiger partial charge on any atom is -0.490 e. The van der Waals surface area contributed by atoms with Crippen LogP contribution in [0, 0.1) is 17.8 Å². The molecule has 2 aliphatic heterocycles. The van der Waals surface area contributed by atoms with Gasteiger partial charge in [0, 0.05) is 60.2 Å². The Balaban J connectivity index is 1.33. The number of halogens is 1. The number of carbonyl (C=O) groups excluding carboxylic acids is 1. The largest absolute Gasteiger partial charge is 0.490 e. The summed E-state index contributed by atoms with van der Waals surface area (Å²) in [5.74, 6) is 5.33. The average molecular weight is 691 g/mol. The van der Waals surface area contributed by atoms with Crippen LogP contribution in [0.15, 0.2) is 60.9 Å². The van der Waals surface area contributed by atoms with Gasteiger partial charge < -0.3 is 19.3 Å². The second kappa shape index (κ2) is 12.6. The smallest absolute Gasteiger partial charge is 0.262 e. The van der Waals surface area contributed by atoms with Crippen molar-refractivity contribution in [1.82, 2.24) is 14.3 Å². The van der Waals surface area contributed by atoms with E-state index in [1.54, 1.807) is 12.3 Å². The van der Waals surface area contributed by atoms with E-state index in [0.717, 1.165) is 54.4 Å². The minimum absolute atomic E-state index is 0.00986. The zero-order chi connectivity index (χ0) is 33.8. The summed E-state index contributed by atoms with van der Waals surface area (Å²) >= 11 is 6.46. The standard InChI is InChI=1S/C38H47ClN4O4S/c1-25-7-5-16-38(45,21-35-40-17-18-42(35)3)32-12-9-29(32)22-43-23-37(15-6-8-27-19-30(39)11-13-31(27)37)24-47-34-14-10-28(20-33(34)43)36(44)41-48(4,46)26(25)2/h5,10-11,13-14,16-20,25-26,29,32,45H,4,6-9,12,15,21-24H2,1-3H3,(H,41,44,46)/b16-5+/t25-,26+,29-,32+,37-,38-,48?/m0/s1. The monoisotopic (exact) mass is 690 g/mol. The van der Waals surface area contributed by atoms with E-state index in [4.69, 9.17) is 16.3 Å². The van der Waals surface area contributed by atoms with Gasteiger partial charge in [-0.15, -0.1) is 0 Å². The maximum absolute atomic E-state index is 13.9. The molecular formula is C38H47ClN4O4S. The number of carbonyl (C=O) groups is 1. The Bertz CT molecular complexity index is 1860. The molecule has 8 nitrogen and oxygen atoms in total. The molecule has 3 heterocycles. The second-order valence-corrected chi connectivity index (χ2v) is 17.7. The number of hydrogen-bond donors (Lipinski definition) is 2. The van der Waals surface area contributed by atoms with Crippen molar-refractivity contribution >= 4 is 38.8 Å². The molecule has 1 aromatic heterocycles. The molecule has 1 fully saturated rings. The van der Waals surface area contributed by atoms with Crippen molar-refractivity contribution in [2.24, 2.45) is 24.8 Å². The number of allylic oxidation sites excluding steroid dienone is 1. The fourth-order valence-corrected chi connectivity index (χ4v) is 10.2. The minimum atomic E-state index is -2.99. The van der Waals surface area contributed by atoms with Crippen molar-refractivity contribution in [3.05, 3.63) is 88.5 Å². The van der Waals surface area contributed by atoms with Crippen LogP contribution in [-0.4, -0.2) is 61.2 Å². The van der Waals surface area contributed by atoms with E-state index < -0.39 is 26.5 Å². The van der Waals surface area contributed by atoms with Gasteiger partial charge >= 0.3 is 0 Å². The summed E-state index contributed by atoms with van der Waals surface area (Å²) in [6, 6.07) is 11.8. The van der Waals surface area contributed by atoms with E-state index in [0.29, 0.717) is 38.1 Å². The molecule has 10 heteroatoms. The van der Waals surface area contributed by atoms with Gasteiger partial charge in [-0.1, -0.05) is 36.7 Å². The Hall–Kier alpha value is -3.27. The molecule has 1 amide bonds. The second-order valence-electron chi connectivity index (χ2n) is 14.8. The summed E-state index contributed by atoms with van der Waals surface area (Å²) in [6.07, 6.45) is 13.6. The van der Waals surface area contributed by atoms with Gasteiger partial charge in [0.25, 0.3) is 5.91 Å². The molecule has 2 aliphatic carbocycles. The number of rotatable bonds is 2.